The van der Waals surface area contributed by atoms with Gasteiger partial charge in [-0.15, -0.1) is 0 Å². The minimum atomic E-state index is -4.12. The molecule has 0 spiro atoms. The molecule has 35 heavy (non-hydrogen) atoms. The van der Waals surface area contributed by atoms with Crippen LogP contribution >= 0.6 is 0 Å². The first-order valence-electron chi connectivity index (χ1n) is 11.0. The number of carbonyl (C=O) groups is 2. The lowest BCUT2D eigenvalue weighted by Crippen LogP contribution is -2.38. The number of hydrogen-bond acceptors (Lipinski definition) is 6. The van der Waals surface area contributed by atoms with Crippen LogP contribution in [0.3, 0.4) is 0 Å². The normalized spacial score (nSPS) is 11.0. The molecule has 0 saturated carbocycles. The van der Waals surface area contributed by atoms with Crippen LogP contribution in [0.1, 0.15) is 28.4 Å². The van der Waals surface area contributed by atoms with Crippen molar-refractivity contribution in [2.24, 2.45) is 0 Å². The van der Waals surface area contributed by atoms with Crippen molar-refractivity contribution in [2.75, 3.05) is 29.9 Å². The van der Waals surface area contributed by atoms with E-state index >= 15 is 0 Å². The highest BCUT2D eigenvalue weighted by Gasteiger charge is 2.29. The number of esters is 1. The molecule has 8 nitrogen and oxygen atoms in total. The smallest absolute Gasteiger partial charge is 0.338 e. The van der Waals surface area contributed by atoms with Gasteiger partial charge in [0, 0.05) is 5.69 Å². The average molecular weight is 497 g/mol. The molecule has 184 valence electrons. The van der Waals surface area contributed by atoms with Crippen LogP contribution in [-0.2, 0) is 19.6 Å². The fourth-order valence-electron chi connectivity index (χ4n) is 3.40. The Morgan fingerprint density at radius 3 is 2.29 bits per heavy atom. The summed E-state index contributed by atoms with van der Waals surface area (Å²) in [5.74, 6) is -0.801. The molecule has 0 aromatic heterocycles. The lowest BCUT2D eigenvalue weighted by Gasteiger charge is -2.26. The van der Waals surface area contributed by atoms with E-state index in [1.807, 2.05) is 13.8 Å². The molecular weight excluding hydrogens is 468 g/mol. The molecule has 0 heterocycles. The van der Waals surface area contributed by atoms with Gasteiger partial charge in [-0.25, -0.2) is 13.2 Å². The second-order valence-corrected chi connectivity index (χ2v) is 9.71. The molecule has 3 rings (SSSR count). The third kappa shape index (κ3) is 6.19. The SMILES string of the molecule is CCOC(=O)c1cccc(NC(=O)CN(c2cc(C)ccc2OC)S(=O)(=O)c2ccc(C)cc2)c1. The molecular formula is C26H28N2O6S. The number of ether oxygens (including phenoxy) is 2. The highest BCUT2D eigenvalue weighted by Crippen LogP contribution is 2.33. The fraction of sp³-hybridized carbons (Fsp3) is 0.231. The topological polar surface area (TPSA) is 102 Å². The minimum absolute atomic E-state index is 0.0452. The van der Waals surface area contributed by atoms with E-state index < -0.39 is 28.4 Å². The van der Waals surface area contributed by atoms with Crippen LogP contribution < -0.4 is 14.4 Å². The van der Waals surface area contributed by atoms with Crippen LogP contribution in [0.4, 0.5) is 11.4 Å². The molecule has 0 saturated heterocycles. The molecule has 0 bridgehead atoms. The summed E-state index contributed by atoms with van der Waals surface area (Å²) in [6.45, 7) is 5.08. The van der Waals surface area contributed by atoms with Gasteiger partial charge in [0.2, 0.25) is 5.91 Å². The van der Waals surface area contributed by atoms with Crippen LogP contribution in [0, 0.1) is 13.8 Å². The van der Waals surface area contributed by atoms with Gasteiger partial charge in [-0.3, -0.25) is 9.10 Å². The predicted molar refractivity (Wildman–Crippen MR) is 134 cm³/mol. The second kappa shape index (κ2) is 11.1. The number of carbonyl (C=O) groups excluding carboxylic acids is 2. The van der Waals surface area contributed by atoms with Crippen LogP contribution in [0.5, 0.6) is 5.75 Å². The molecule has 3 aromatic carbocycles. The van der Waals surface area contributed by atoms with Gasteiger partial charge in [0.1, 0.15) is 12.3 Å². The summed E-state index contributed by atoms with van der Waals surface area (Å²) < 4.78 is 38.7. The van der Waals surface area contributed by atoms with Crippen molar-refractivity contribution >= 4 is 33.3 Å². The first kappa shape index (κ1) is 25.8. The van der Waals surface area contributed by atoms with Crippen molar-refractivity contribution in [2.45, 2.75) is 25.7 Å². The summed E-state index contributed by atoms with van der Waals surface area (Å²) in [4.78, 5) is 25.1. The Morgan fingerprint density at radius 2 is 1.63 bits per heavy atom. The molecule has 0 unspecified atom stereocenters. The maximum atomic E-state index is 13.7. The summed E-state index contributed by atoms with van der Waals surface area (Å²) in [6.07, 6.45) is 0. The molecule has 9 heteroatoms. The van der Waals surface area contributed by atoms with E-state index in [-0.39, 0.29) is 22.8 Å². The number of amides is 1. The van der Waals surface area contributed by atoms with Crippen molar-refractivity contribution in [3.05, 3.63) is 83.4 Å². The maximum Gasteiger partial charge on any atom is 0.338 e. The van der Waals surface area contributed by atoms with Crippen LogP contribution in [0.15, 0.2) is 71.6 Å². The lowest BCUT2D eigenvalue weighted by atomic mass is 10.2. The molecule has 1 N–H and O–H groups in total. The third-order valence-electron chi connectivity index (χ3n) is 5.16. The summed E-state index contributed by atoms with van der Waals surface area (Å²) in [7, 11) is -2.68. The van der Waals surface area contributed by atoms with Crippen LogP contribution in [0.2, 0.25) is 0 Å². The zero-order valence-corrected chi connectivity index (χ0v) is 20.9. The van der Waals surface area contributed by atoms with E-state index in [0.717, 1.165) is 15.4 Å². The first-order valence-corrected chi connectivity index (χ1v) is 12.4. The Balaban J connectivity index is 1.97. The summed E-state index contributed by atoms with van der Waals surface area (Å²) in [6, 6.07) is 17.7. The van der Waals surface area contributed by atoms with Crippen molar-refractivity contribution in [1.82, 2.24) is 0 Å². The third-order valence-corrected chi connectivity index (χ3v) is 6.93. The number of hydrogen-bond donors (Lipinski definition) is 1. The molecule has 0 fully saturated rings. The number of nitrogens with one attached hydrogen (secondary N) is 1. The van der Waals surface area contributed by atoms with E-state index in [1.165, 1.54) is 25.3 Å². The monoisotopic (exact) mass is 496 g/mol. The van der Waals surface area contributed by atoms with Gasteiger partial charge in [-0.05, 0) is 68.8 Å². The number of benzene rings is 3. The molecule has 0 aliphatic carbocycles. The van der Waals surface area contributed by atoms with Crippen molar-refractivity contribution in [3.63, 3.8) is 0 Å². The summed E-state index contributed by atoms with van der Waals surface area (Å²) in [5.41, 5.74) is 2.55. The Kier molecular flexibility index (Phi) is 8.14. The molecule has 0 atom stereocenters. The fourth-order valence-corrected chi connectivity index (χ4v) is 4.82. The number of nitrogens with zero attached hydrogens (tertiary/aromatic N) is 1. The predicted octanol–water partition coefficient (Wildman–Crippen LogP) is 4.32. The molecule has 1 amide bonds. The second-order valence-electron chi connectivity index (χ2n) is 7.85. The Bertz CT molecular complexity index is 1320. The Morgan fingerprint density at radius 1 is 0.943 bits per heavy atom. The summed E-state index contributed by atoms with van der Waals surface area (Å²) in [5, 5.41) is 2.67. The van der Waals surface area contributed by atoms with Crippen LogP contribution in [-0.4, -0.2) is 40.6 Å². The average Bonchev–Trinajstić information content (AvgIpc) is 2.83. The lowest BCUT2D eigenvalue weighted by molar-refractivity contribution is -0.114. The maximum absolute atomic E-state index is 13.7. The zero-order chi connectivity index (χ0) is 25.6. The van der Waals surface area contributed by atoms with E-state index in [0.29, 0.717) is 11.4 Å². The number of anilines is 2. The standard InChI is InChI=1S/C26H28N2O6S/c1-5-34-26(30)20-7-6-8-21(16-20)27-25(29)17-28(23-15-19(3)11-14-24(23)33-4)35(31,32)22-12-9-18(2)10-13-22/h6-16H,5,17H2,1-4H3,(H,27,29). The molecule has 0 aliphatic heterocycles. The van der Waals surface area contributed by atoms with E-state index in [4.69, 9.17) is 9.47 Å². The van der Waals surface area contributed by atoms with Gasteiger partial charge in [0.05, 0.1) is 29.9 Å². The van der Waals surface area contributed by atoms with E-state index in [1.54, 1.807) is 55.5 Å². The van der Waals surface area contributed by atoms with E-state index in [9.17, 15) is 18.0 Å². The van der Waals surface area contributed by atoms with Crippen molar-refractivity contribution < 1.29 is 27.5 Å². The first-order chi connectivity index (χ1) is 16.6. The number of methoxy groups -OCH3 is 1. The van der Waals surface area contributed by atoms with Gasteiger partial charge >= 0.3 is 5.97 Å². The number of aryl methyl sites for hydroxylation is 2. The van der Waals surface area contributed by atoms with Gasteiger partial charge < -0.3 is 14.8 Å². The highest BCUT2D eigenvalue weighted by atomic mass is 32.2. The Hall–Kier alpha value is -3.85. The molecule has 3 aromatic rings. The van der Waals surface area contributed by atoms with Gasteiger partial charge in [-0.2, -0.15) is 0 Å². The molecule has 0 radical (unpaired) electrons. The quantitative estimate of drug-likeness (QED) is 0.443. The van der Waals surface area contributed by atoms with Crippen molar-refractivity contribution in [3.8, 4) is 5.75 Å². The summed E-state index contributed by atoms with van der Waals surface area (Å²) >= 11 is 0. The van der Waals surface area contributed by atoms with Gasteiger partial charge in [-0.1, -0.05) is 29.8 Å². The van der Waals surface area contributed by atoms with E-state index in [2.05, 4.69) is 5.32 Å². The van der Waals surface area contributed by atoms with Gasteiger partial charge in [0.15, 0.2) is 0 Å². The number of sulfonamides is 1. The highest BCUT2D eigenvalue weighted by molar-refractivity contribution is 7.92. The number of rotatable bonds is 9. The van der Waals surface area contributed by atoms with Crippen molar-refractivity contribution in [1.29, 1.82) is 0 Å². The van der Waals surface area contributed by atoms with Crippen LogP contribution in [0.25, 0.3) is 0 Å². The van der Waals surface area contributed by atoms with Gasteiger partial charge in [0.25, 0.3) is 10.0 Å². The minimum Gasteiger partial charge on any atom is -0.495 e. The largest absolute Gasteiger partial charge is 0.495 e. The molecule has 0 aliphatic rings. The zero-order valence-electron chi connectivity index (χ0n) is 20.1. The Labute approximate surface area is 205 Å².